The molecule has 0 aromatic carbocycles. The lowest BCUT2D eigenvalue weighted by Gasteiger charge is -1.93. The number of carbonyl (C=O) groups excluding carboxylic acids is 1. The van der Waals surface area contributed by atoms with Crippen LogP contribution in [0.4, 0.5) is 0 Å². The van der Waals surface area contributed by atoms with Crippen LogP contribution < -0.4 is 0 Å². The third kappa shape index (κ3) is 1.67. The molecule has 0 aliphatic rings. The largest absolute Gasteiger partial charge is 0.285 e. The molecule has 0 amide bonds. The summed E-state index contributed by atoms with van der Waals surface area (Å²) in [6.45, 7) is 1.86. The van der Waals surface area contributed by atoms with E-state index in [4.69, 9.17) is 0 Å². The zero-order chi connectivity index (χ0) is 9.97. The molecule has 14 heavy (non-hydrogen) atoms. The summed E-state index contributed by atoms with van der Waals surface area (Å²) in [7, 11) is 0. The van der Waals surface area contributed by atoms with E-state index in [-0.39, 0.29) is 5.78 Å². The van der Waals surface area contributed by atoms with E-state index in [1.807, 2.05) is 6.92 Å². The van der Waals surface area contributed by atoms with Gasteiger partial charge in [0.15, 0.2) is 0 Å². The van der Waals surface area contributed by atoms with Crippen molar-refractivity contribution in [1.29, 1.82) is 0 Å². The third-order valence-electron chi connectivity index (χ3n) is 1.65. The molecule has 0 fully saturated rings. The van der Waals surface area contributed by atoms with Crippen molar-refractivity contribution in [3.8, 4) is 0 Å². The van der Waals surface area contributed by atoms with Crippen LogP contribution in [-0.2, 0) is 0 Å². The van der Waals surface area contributed by atoms with Gasteiger partial charge in [0, 0.05) is 17.8 Å². The molecule has 0 aliphatic carbocycles. The predicted octanol–water partition coefficient (Wildman–Crippen LogP) is 1.47. The van der Waals surface area contributed by atoms with Crippen molar-refractivity contribution in [2.24, 2.45) is 0 Å². The van der Waals surface area contributed by atoms with Crippen molar-refractivity contribution in [2.45, 2.75) is 6.92 Å². The highest BCUT2D eigenvalue weighted by Crippen LogP contribution is 2.11. The van der Waals surface area contributed by atoms with Gasteiger partial charge >= 0.3 is 0 Å². The Kier molecular flexibility index (Phi) is 2.32. The SMILES string of the molecule is Cc1nc(C(=O)c2cnccn2)cs1. The summed E-state index contributed by atoms with van der Waals surface area (Å²) in [6.07, 6.45) is 4.46. The van der Waals surface area contributed by atoms with E-state index in [0.29, 0.717) is 11.4 Å². The Morgan fingerprint density at radius 3 is 2.79 bits per heavy atom. The van der Waals surface area contributed by atoms with E-state index in [9.17, 15) is 4.79 Å². The topological polar surface area (TPSA) is 55.7 Å². The Hall–Kier alpha value is -1.62. The molecular weight excluding hydrogens is 198 g/mol. The number of aromatic nitrogens is 3. The van der Waals surface area contributed by atoms with Gasteiger partial charge in [0.25, 0.3) is 0 Å². The number of nitrogens with zero attached hydrogens (tertiary/aromatic N) is 3. The molecule has 2 aromatic heterocycles. The van der Waals surface area contributed by atoms with Crippen LogP contribution in [0.2, 0.25) is 0 Å². The minimum atomic E-state index is -0.178. The van der Waals surface area contributed by atoms with Crippen LogP contribution in [0.3, 0.4) is 0 Å². The normalized spacial score (nSPS) is 10.1. The molecule has 70 valence electrons. The summed E-state index contributed by atoms with van der Waals surface area (Å²) < 4.78 is 0. The maximum Gasteiger partial charge on any atom is 0.232 e. The summed E-state index contributed by atoms with van der Waals surface area (Å²) in [5.41, 5.74) is 0.769. The molecule has 2 heterocycles. The van der Waals surface area contributed by atoms with E-state index in [1.165, 1.54) is 29.9 Å². The van der Waals surface area contributed by atoms with E-state index in [0.717, 1.165) is 5.01 Å². The molecule has 0 saturated heterocycles. The van der Waals surface area contributed by atoms with Gasteiger partial charge in [-0.1, -0.05) is 0 Å². The van der Waals surface area contributed by atoms with Gasteiger partial charge in [0.05, 0.1) is 11.2 Å². The van der Waals surface area contributed by atoms with Gasteiger partial charge in [-0.3, -0.25) is 9.78 Å². The number of aryl methyl sites for hydroxylation is 1. The first kappa shape index (κ1) is 8.96. The Labute approximate surface area is 84.7 Å². The van der Waals surface area contributed by atoms with Crippen molar-refractivity contribution < 1.29 is 4.79 Å². The summed E-state index contributed by atoms with van der Waals surface area (Å²) >= 11 is 1.45. The van der Waals surface area contributed by atoms with Crippen molar-refractivity contribution >= 4 is 17.1 Å². The zero-order valence-corrected chi connectivity index (χ0v) is 8.28. The highest BCUT2D eigenvalue weighted by atomic mass is 32.1. The maximum absolute atomic E-state index is 11.7. The van der Waals surface area contributed by atoms with Crippen LogP contribution in [-0.4, -0.2) is 20.7 Å². The molecule has 0 aliphatic heterocycles. The quantitative estimate of drug-likeness (QED) is 0.697. The molecule has 0 bridgehead atoms. The molecule has 0 N–H and O–H groups in total. The summed E-state index contributed by atoms with van der Waals surface area (Å²) in [5.74, 6) is -0.178. The van der Waals surface area contributed by atoms with E-state index >= 15 is 0 Å². The average molecular weight is 205 g/mol. The molecule has 0 unspecified atom stereocenters. The van der Waals surface area contributed by atoms with Crippen molar-refractivity contribution in [1.82, 2.24) is 15.0 Å². The molecule has 5 heteroatoms. The molecular formula is C9H7N3OS. The highest BCUT2D eigenvalue weighted by Gasteiger charge is 2.12. The molecule has 2 aromatic rings. The van der Waals surface area contributed by atoms with Gasteiger partial charge in [-0.15, -0.1) is 11.3 Å². The number of ketones is 1. The molecule has 4 nitrogen and oxygen atoms in total. The van der Waals surface area contributed by atoms with Gasteiger partial charge in [0.1, 0.15) is 11.4 Å². The standard InChI is InChI=1S/C9H7N3OS/c1-6-12-8(5-14-6)9(13)7-4-10-2-3-11-7/h2-5H,1H3. The van der Waals surface area contributed by atoms with Crippen LogP contribution in [0.5, 0.6) is 0 Å². The van der Waals surface area contributed by atoms with Crippen molar-refractivity contribution in [2.75, 3.05) is 0 Å². The molecule has 2 rings (SSSR count). The van der Waals surface area contributed by atoms with Crippen LogP contribution in [0.15, 0.2) is 24.0 Å². The molecule has 0 saturated carbocycles. The van der Waals surface area contributed by atoms with E-state index in [2.05, 4.69) is 15.0 Å². The van der Waals surface area contributed by atoms with Gasteiger partial charge in [-0.05, 0) is 6.92 Å². The zero-order valence-electron chi connectivity index (χ0n) is 7.47. The van der Waals surface area contributed by atoms with Crippen LogP contribution >= 0.6 is 11.3 Å². The fourth-order valence-electron chi connectivity index (χ4n) is 1.02. The van der Waals surface area contributed by atoms with Gasteiger partial charge in [0.2, 0.25) is 5.78 Å². The highest BCUT2D eigenvalue weighted by molar-refractivity contribution is 7.09. The summed E-state index contributed by atoms with van der Waals surface area (Å²) in [4.78, 5) is 23.5. The van der Waals surface area contributed by atoms with Crippen LogP contribution in [0.25, 0.3) is 0 Å². The second-order valence-electron chi connectivity index (χ2n) is 2.67. The third-order valence-corrected chi connectivity index (χ3v) is 2.42. The first-order chi connectivity index (χ1) is 6.77. The second kappa shape index (κ2) is 3.63. The Bertz CT molecular complexity index is 452. The fourth-order valence-corrected chi connectivity index (χ4v) is 1.61. The number of thiazole rings is 1. The first-order valence-electron chi connectivity index (χ1n) is 4.00. The Morgan fingerprint density at radius 1 is 1.36 bits per heavy atom. The van der Waals surface area contributed by atoms with Crippen molar-refractivity contribution in [3.63, 3.8) is 0 Å². The van der Waals surface area contributed by atoms with E-state index < -0.39 is 0 Å². The maximum atomic E-state index is 11.7. The lowest BCUT2D eigenvalue weighted by Crippen LogP contribution is -2.04. The smallest absolute Gasteiger partial charge is 0.232 e. The lowest BCUT2D eigenvalue weighted by atomic mass is 10.2. The van der Waals surface area contributed by atoms with Gasteiger partial charge in [-0.2, -0.15) is 0 Å². The Morgan fingerprint density at radius 2 is 2.21 bits per heavy atom. The average Bonchev–Trinajstić information content (AvgIpc) is 2.65. The van der Waals surface area contributed by atoms with Gasteiger partial charge < -0.3 is 0 Å². The minimum absolute atomic E-state index is 0.178. The second-order valence-corrected chi connectivity index (χ2v) is 3.73. The monoisotopic (exact) mass is 205 g/mol. The predicted molar refractivity (Wildman–Crippen MR) is 52.3 cm³/mol. The number of hydrogen-bond acceptors (Lipinski definition) is 5. The first-order valence-corrected chi connectivity index (χ1v) is 4.88. The lowest BCUT2D eigenvalue weighted by molar-refractivity contribution is 0.103. The number of carbonyl (C=O) groups is 1. The molecule has 0 atom stereocenters. The van der Waals surface area contributed by atoms with Crippen LogP contribution in [0, 0.1) is 6.92 Å². The Balaban J connectivity index is 2.34. The summed E-state index contributed by atoms with van der Waals surface area (Å²) in [6, 6.07) is 0. The minimum Gasteiger partial charge on any atom is -0.285 e. The van der Waals surface area contributed by atoms with Gasteiger partial charge in [-0.25, -0.2) is 9.97 Å². The fraction of sp³-hybridized carbons (Fsp3) is 0.111. The van der Waals surface area contributed by atoms with Crippen LogP contribution in [0.1, 0.15) is 21.2 Å². The molecule has 0 spiro atoms. The number of hydrogen-bond donors (Lipinski definition) is 0. The molecule has 0 radical (unpaired) electrons. The number of rotatable bonds is 2. The summed E-state index contributed by atoms with van der Waals surface area (Å²) in [5, 5.41) is 2.60. The van der Waals surface area contributed by atoms with E-state index in [1.54, 1.807) is 5.38 Å². The van der Waals surface area contributed by atoms with Crippen molar-refractivity contribution in [3.05, 3.63) is 40.4 Å².